The maximum absolute atomic E-state index is 10.1. The first kappa shape index (κ1) is 17.4. The van der Waals surface area contributed by atoms with Crippen LogP contribution in [0.5, 0.6) is 0 Å². The summed E-state index contributed by atoms with van der Waals surface area (Å²) in [6.07, 6.45) is -0.575. The van der Waals surface area contributed by atoms with E-state index in [0.717, 1.165) is 14.5 Å². The van der Waals surface area contributed by atoms with E-state index in [-0.39, 0.29) is 23.9 Å². The van der Waals surface area contributed by atoms with Crippen LogP contribution in [-0.4, -0.2) is 11.2 Å². The van der Waals surface area contributed by atoms with Crippen LogP contribution in [-0.2, 0) is 0 Å². The lowest BCUT2D eigenvalue weighted by atomic mass is 9.82. The molecule has 1 aromatic rings. The third kappa shape index (κ3) is 4.87. The highest BCUT2D eigenvalue weighted by molar-refractivity contribution is 9.11. The number of hydrogen-bond acceptors (Lipinski definition) is 2. The normalized spacial score (nSPS) is 15.0. The van der Waals surface area contributed by atoms with E-state index in [1.807, 2.05) is 39.0 Å². The zero-order valence-electron chi connectivity index (χ0n) is 10.1. The summed E-state index contributed by atoms with van der Waals surface area (Å²) >= 11 is 6.83. The molecule has 3 N–H and O–H groups in total. The fourth-order valence-electron chi connectivity index (χ4n) is 1.49. The molecule has 0 amide bonds. The van der Waals surface area contributed by atoms with Crippen molar-refractivity contribution < 1.29 is 5.11 Å². The molecule has 0 saturated carbocycles. The number of aliphatic hydroxyl groups excluding tert-OH is 1. The molecule has 5 heteroatoms. The topological polar surface area (TPSA) is 46.2 Å². The minimum absolute atomic E-state index is 0. The van der Waals surface area contributed by atoms with Gasteiger partial charge in [0.1, 0.15) is 0 Å². The molecule has 1 rings (SSSR count). The van der Waals surface area contributed by atoms with Gasteiger partial charge in [0.25, 0.3) is 0 Å². The number of halogens is 3. The van der Waals surface area contributed by atoms with Crippen LogP contribution in [0.25, 0.3) is 0 Å². The summed E-state index contributed by atoms with van der Waals surface area (Å²) < 4.78 is 1.90. The Morgan fingerprint density at radius 2 is 1.53 bits per heavy atom. The molecule has 0 aliphatic heterocycles. The standard InChI is InChI=1S/C12H17Br2NO.ClH/c1-12(2,3)11(16)10(15)7-4-8(13)6-9(14)5-7;/h4-6,10-11,16H,15H2,1-3H3;1H/t10-,11-;/m1./s1. The van der Waals surface area contributed by atoms with Gasteiger partial charge in [-0.15, -0.1) is 12.4 Å². The van der Waals surface area contributed by atoms with Crippen LogP contribution in [0.4, 0.5) is 0 Å². The Hall–Kier alpha value is 0.390. The fourth-order valence-corrected chi connectivity index (χ4v) is 2.82. The highest BCUT2D eigenvalue weighted by atomic mass is 79.9. The minimum Gasteiger partial charge on any atom is -0.391 e. The lowest BCUT2D eigenvalue weighted by Crippen LogP contribution is -2.36. The predicted molar refractivity (Wildman–Crippen MR) is 81.5 cm³/mol. The second-order valence-electron chi connectivity index (χ2n) is 5.04. The van der Waals surface area contributed by atoms with Crippen molar-refractivity contribution in [1.82, 2.24) is 0 Å². The van der Waals surface area contributed by atoms with Crippen LogP contribution in [0.15, 0.2) is 27.1 Å². The molecular formula is C12H18Br2ClNO. The second-order valence-corrected chi connectivity index (χ2v) is 6.87. The first-order chi connectivity index (χ1) is 7.21. The Kier molecular flexibility index (Phi) is 6.68. The summed E-state index contributed by atoms with van der Waals surface area (Å²) in [5.41, 5.74) is 6.76. The van der Waals surface area contributed by atoms with Crippen LogP contribution in [0.3, 0.4) is 0 Å². The molecule has 0 fully saturated rings. The summed E-state index contributed by atoms with van der Waals surface area (Å²) in [4.78, 5) is 0. The molecule has 0 unspecified atom stereocenters. The zero-order chi connectivity index (χ0) is 12.5. The van der Waals surface area contributed by atoms with Crippen LogP contribution in [0.1, 0.15) is 32.4 Å². The molecule has 0 spiro atoms. The van der Waals surface area contributed by atoms with Crippen LogP contribution in [0.2, 0.25) is 0 Å². The van der Waals surface area contributed by atoms with Gasteiger partial charge in [-0.2, -0.15) is 0 Å². The second kappa shape index (κ2) is 6.53. The molecule has 0 radical (unpaired) electrons. The molecule has 17 heavy (non-hydrogen) atoms. The monoisotopic (exact) mass is 385 g/mol. The molecule has 0 saturated heterocycles. The van der Waals surface area contributed by atoms with E-state index in [4.69, 9.17) is 5.73 Å². The van der Waals surface area contributed by atoms with E-state index in [0.29, 0.717) is 0 Å². The third-order valence-electron chi connectivity index (χ3n) is 2.50. The Balaban J connectivity index is 0.00000256. The van der Waals surface area contributed by atoms with Gasteiger partial charge in [0.05, 0.1) is 12.1 Å². The number of nitrogens with two attached hydrogens (primary N) is 1. The lowest BCUT2D eigenvalue weighted by Gasteiger charge is -2.31. The average Bonchev–Trinajstić information content (AvgIpc) is 2.12. The van der Waals surface area contributed by atoms with Crippen molar-refractivity contribution >= 4 is 44.3 Å². The van der Waals surface area contributed by atoms with Crippen LogP contribution < -0.4 is 5.73 Å². The average molecular weight is 388 g/mol. The number of hydrogen-bond donors (Lipinski definition) is 2. The molecule has 0 aromatic heterocycles. The Bertz CT molecular complexity index is 359. The van der Waals surface area contributed by atoms with E-state index in [9.17, 15) is 5.11 Å². The molecular weight excluding hydrogens is 369 g/mol. The van der Waals surface area contributed by atoms with Gasteiger partial charge in [-0.1, -0.05) is 52.6 Å². The summed E-state index contributed by atoms with van der Waals surface area (Å²) in [6, 6.07) is 5.43. The van der Waals surface area contributed by atoms with E-state index >= 15 is 0 Å². The van der Waals surface area contributed by atoms with Crippen LogP contribution >= 0.6 is 44.3 Å². The van der Waals surface area contributed by atoms with Gasteiger partial charge in [-0.05, 0) is 29.2 Å². The number of aliphatic hydroxyl groups is 1. The Morgan fingerprint density at radius 1 is 1.12 bits per heavy atom. The van der Waals surface area contributed by atoms with Gasteiger partial charge in [0.15, 0.2) is 0 Å². The summed E-state index contributed by atoms with van der Waals surface area (Å²) in [7, 11) is 0. The van der Waals surface area contributed by atoms with E-state index < -0.39 is 6.10 Å². The van der Waals surface area contributed by atoms with Crippen molar-refractivity contribution in [3.63, 3.8) is 0 Å². The number of rotatable bonds is 2. The molecule has 2 atom stereocenters. The Morgan fingerprint density at radius 3 is 1.88 bits per heavy atom. The minimum atomic E-state index is -0.575. The zero-order valence-corrected chi connectivity index (χ0v) is 14.1. The summed E-state index contributed by atoms with van der Waals surface area (Å²) in [6.45, 7) is 5.93. The van der Waals surface area contributed by atoms with Crippen molar-refractivity contribution in [2.24, 2.45) is 11.1 Å². The van der Waals surface area contributed by atoms with E-state index in [2.05, 4.69) is 31.9 Å². The SMILES string of the molecule is CC(C)(C)[C@H](O)[C@H](N)c1cc(Br)cc(Br)c1.Cl. The molecule has 1 aromatic carbocycles. The van der Waals surface area contributed by atoms with E-state index in [1.165, 1.54) is 0 Å². The molecule has 0 aliphatic carbocycles. The fraction of sp³-hybridized carbons (Fsp3) is 0.500. The van der Waals surface area contributed by atoms with Crippen molar-refractivity contribution in [3.8, 4) is 0 Å². The highest BCUT2D eigenvalue weighted by Gasteiger charge is 2.29. The molecule has 2 nitrogen and oxygen atoms in total. The molecule has 0 aliphatic rings. The first-order valence-corrected chi connectivity index (χ1v) is 6.70. The lowest BCUT2D eigenvalue weighted by molar-refractivity contribution is 0.0401. The van der Waals surface area contributed by atoms with Gasteiger partial charge in [-0.25, -0.2) is 0 Å². The van der Waals surface area contributed by atoms with Crippen molar-refractivity contribution in [3.05, 3.63) is 32.7 Å². The molecule has 0 bridgehead atoms. The van der Waals surface area contributed by atoms with Gasteiger partial charge >= 0.3 is 0 Å². The third-order valence-corrected chi connectivity index (χ3v) is 3.41. The summed E-state index contributed by atoms with van der Waals surface area (Å²) in [5.74, 6) is 0. The maximum atomic E-state index is 10.1. The predicted octanol–water partition coefficient (Wildman–Crippen LogP) is 4.04. The first-order valence-electron chi connectivity index (χ1n) is 5.11. The quantitative estimate of drug-likeness (QED) is 0.804. The van der Waals surface area contributed by atoms with Gasteiger partial charge < -0.3 is 10.8 Å². The molecule has 0 heterocycles. The highest BCUT2D eigenvalue weighted by Crippen LogP contribution is 2.31. The van der Waals surface area contributed by atoms with Crippen molar-refractivity contribution in [1.29, 1.82) is 0 Å². The van der Waals surface area contributed by atoms with Crippen LogP contribution in [0, 0.1) is 5.41 Å². The Labute approximate surface area is 126 Å². The van der Waals surface area contributed by atoms with Crippen molar-refractivity contribution in [2.45, 2.75) is 32.9 Å². The number of benzene rings is 1. The van der Waals surface area contributed by atoms with Gasteiger partial charge in [-0.3, -0.25) is 0 Å². The smallest absolute Gasteiger partial charge is 0.0780 e. The van der Waals surface area contributed by atoms with Gasteiger partial charge in [0.2, 0.25) is 0 Å². The largest absolute Gasteiger partial charge is 0.391 e. The summed E-state index contributed by atoms with van der Waals surface area (Å²) in [5, 5.41) is 10.1. The molecule has 98 valence electrons. The van der Waals surface area contributed by atoms with Crippen molar-refractivity contribution in [2.75, 3.05) is 0 Å². The van der Waals surface area contributed by atoms with E-state index in [1.54, 1.807) is 0 Å². The maximum Gasteiger partial charge on any atom is 0.0780 e. The van der Waals surface area contributed by atoms with Gasteiger partial charge in [0, 0.05) is 8.95 Å².